The fraction of sp³-hybridized carbons (Fsp3) is 0.462. The van der Waals surface area contributed by atoms with E-state index < -0.39 is 0 Å². The molecule has 0 aliphatic rings. The Morgan fingerprint density at radius 1 is 1.22 bits per heavy atom. The third-order valence-electron chi connectivity index (χ3n) is 2.53. The molecule has 0 radical (unpaired) electrons. The number of nitrogens with two attached hydrogens (primary N) is 1. The maximum Gasteiger partial charge on any atom is 0.236 e. The molecule has 2 N–H and O–H groups in total. The molecule has 0 atom stereocenters. The highest BCUT2D eigenvalue weighted by atomic mass is 16.5. The fourth-order valence-electron chi connectivity index (χ4n) is 1.33. The molecular formula is C13H21N3O2. The van der Waals surface area contributed by atoms with Crippen molar-refractivity contribution in [3.8, 4) is 5.75 Å². The molecule has 0 heterocycles. The quantitative estimate of drug-likeness (QED) is 0.755. The summed E-state index contributed by atoms with van der Waals surface area (Å²) < 4.78 is 5.55. The molecule has 0 saturated carbocycles. The first-order valence-corrected chi connectivity index (χ1v) is 5.86. The lowest BCUT2D eigenvalue weighted by molar-refractivity contribution is -0.129. The Morgan fingerprint density at radius 2 is 1.83 bits per heavy atom. The van der Waals surface area contributed by atoms with E-state index in [0.717, 1.165) is 11.4 Å². The minimum atomic E-state index is 0.0879. The SMILES string of the molecule is CN(CCOc1ccc(N)cc1)CC(=O)N(C)C. The van der Waals surface area contributed by atoms with Gasteiger partial charge < -0.3 is 15.4 Å². The van der Waals surface area contributed by atoms with Crippen molar-refractivity contribution in [3.63, 3.8) is 0 Å². The average Bonchev–Trinajstić information content (AvgIpc) is 2.31. The zero-order chi connectivity index (χ0) is 13.5. The number of benzene rings is 1. The van der Waals surface area contributed by atoms with Crippen LogP contribution in [0.4, 0.5) is 5.69 Å². The summed E-state index contributed by atoms with van der Waals surface area (Å²) in [6.45, 7) is 1.64. The normalized spacial score (nSPS) is 10.4. The number of amides is 1. The number of hydrogen-bond acceptors (Lipinski definition) is 4. The largest absolute Gasteiger partial charge is 0.492 e. The second kappa shape index (κ2) is 6.86. The summed E-state index contributed by atoms with van der Waals surface area (Å²) in [5.74, 6) is 0.876. The van der Waals surface area contributed by atoms with Gasteiger partial charge in [0.15, 0.2) is 0 Å². The lowest BCUT2D eigenvalue weighted by Crippen LogP contribution is -2.36. The Balaban J connectivity index is 2.25. The number of likely N-dealkylation sites (N-methyl/N-ethyl adjacent to an activating group) is 2. The molecule has 5 heteroatoms. The van der Waals surface area contributed by atoms with E-state index in [1.54, 1.807) is 31.1 Å². The highest BCUT2D eigenvalue weighted by Gasteiger charge is 2.07. The van der Waals surface area contributed by atoms with Gasteiger partial charge in [-0.2, -0.15) is 0 Å². The minimum absolute atomic E-state index is 0.0879. The van der Waals surface area contributed by atoms with E-state index in [9.17, 15) is 4.79 Å². The molecule has 0 saturated heterocycles. The number of hydrogen-bond donors (Lipinski definition) is 1. The fourth-order valence-corrected chi connectivity index (χ4v) is 1.33. The van der Waals surface area contributed by atoms with Gasteiger partial charge in [-0.15, -0.1) is 0 Å². The van der Waals surface area contributed by atoms with Crippen LogP contribution in [0.3, 0.4) is 0 Å². The van der Waals surface area contributed by atoms with Crippen molar-refractivity contribution in [1.29, 1.82) is 0 Å². The van der Waals surface area contributed by atoms with Gasteiger partial charge in [-0.3, -0.25) is 9.69 Å². The molecule has 0 spiro atoms. The van der Waals surface area contributed by atoms with Crippen LogP contribution in [0.25, 0.3) is 0 Å². The van der Waals surface area contributed by atoms with Crippen LogP contribution in [-0.4, -0.2) is 56.5 Å². The van der Waals surface area contributed by atoms with Gasteiger partial charge in [0, 0.05) is 26.3 Å². The molecule has 0 unspecified atom stereocenters. The second-order valence-corrected chi connectivity index (χ2v) is 4.44. The van der Waals surface area contributed by atoms with Crippen LogP contribution in [0.5, 0.6) is 5.75 Å². The first-order chi connectivity index (χ1) is 8.49. The predicted molar refractivity (Wildman–Crippen MR) is 72.5 cm³/mol. The van der Waals surface area contributed by atoms with Crippen molar-refractivity contribution in [3.05, 3.63) is 24.3 Å². The van der Waals surface area contributed by atoms with Gasteiger partial charge in [0.1, 0.15) is 12.4 Å². The van der Waals surface area contributed by atoms with Crippen LogP contribution in [0.1, 0.15) is 0 Å². The first-order valence-electron chi connectivity index (χ1n) is 5.86. The summed E-state index contributed by atoms with van der Waals surface area (Å²) in [4.78, 5) is 15.0. The molecule has 0 bridgehead atoms. The molecular weight excluding hydrogens is 230 g/mol. The number of carbonyl (C=O) groups excluding carboxylic acids is 1. The number of nitrogen functional groups attached to an aromatic ring is 1. The van der Waals surface area contributed by atoms with Crippen LogP contribution in [-0.2, 0) is 4.79 Å². The van der Waals surface area contributed by atoms with Gasteiger partial charge in [-0.25, -0.2) is 0 Å². The summed E-state index contributed by atoms with van der Waals surface area (Å²) in [5.41, 5.74) is 6.30. The van der Waals surface area contributed by atoms with Crippen molar-refractivity contribution in [2.75, 3.05) is 46.6 Å². The van der Waals surface area contributed by atoms with Gasteiger partial charge in [0.25, 0.3) is 0 Å². The van der Waals surface area contributed by atoms with Gasteiger partial charge in [-0.1, -0.05) is 0 Å². The smallest absolute Gasteiger partial charge is 0.236 e. The average molecular weight is 251 g/mol. The molecule has 1 rings (SSSR count). The van der Waals surface area contributed by atoms with Gasteiger partial charge in [0.05, 0.1) is 6.54 Å². The van der Waals surface area contributed by atoms with Crippen LogP contribution < -0.4 is 10.5 Å². The van der Waals surface area contributed by atoms with Crippen molar-refractivity contribution in [2.45, 2.75) is 0 Å². The lowest BCUT2D eigenvalue weighted by Gasteiger charge is -2.18. The monoisotopic (exact) mass is 251 g/mol. The molecule has 100 valence electrons. The summed E-state index contributed by atoms with van der Waals surface area (Å²) in [6.07, 6.45) is 0. The molecule has 1 amide bonds. The third kappa shape index (κ3) is 5.05. The van der Waals surface area contributed by atoms with Crippen LogP contribution >= 0.6 is 0 Å². The van der Waals surface area contributed by atoms with Crippen molar-refractivity contribution >= 4 is 11.6 Å². The van der Waals surface area contributed by atoms with Crippen molar-refractivity contribution in [1.82, 2.24) is 9.80 Å². The molecule has 0 aliphatic carbocycles. The topological polar surface area (TPSA) is 58.8 Å². The molecule has 0 aliphatic heterocycles. The van der Waals surface area contributed by atoms with Crippen molar-refractivity contribution in [2.24, 2.45) is 0 Å². The van der Waals surface area contributed by atoms with E-state index in [0.29, 0.717) is 19.7 Å². The van der Waals surface area contributed by atoms with Crippen LogP contribution in [0, 0.1) is 0 Å². The summed E-state index contributed by atoms with van der Waals surface area (Å²) in [6, 6.07) is 7.27. The number of carbonyl (C=O) groups is 1. The van der Waals surface area contributed by atoms with E-state index in [4.69, 9.17) is 10.5 Å². The maximum absolute atomic E-state index is 11.5. The molecule has 0 fully saturated rings. The molecule has 0 aromatic heterocycles. The van der Waals surface area contributed by atoms with Gasteiger partial charge in [0.2, 0.25) is 5.91 Å². The Hall–Kier alpha value is -1.75. The molecule has 1 aromatic carbocycles. The van der Waals surface area contributed by atoms with E-state index >= 15 is 0 Å². The molecule has 1 aromatic rings. The first kappa shape index (κ1) is 14.3. The summed E-state index contributed by atoms with van der Waals surface area (Å²) >= 11 is 0. The number of rotatable bonds is 6. The van der Waals surface area contributed by atoms with E-state index in [2.05, 4.69) is 0 Å². The van der Waals surface area contributed by atoms with Crippen molar-refractivity contribution < 1.29 is 9.53 Å². The second-order valence-electron chi connectivity index (χ2n) is 4.44. The molecule has 5 nitrogen and oxygen atoms in total. The Labute approximate surface area is 108 Å². The Morgan fingerprint density at radius 3 is 2.39 bits per heavy atom. The minimum Gasteiger partial charge on any atom is -0.492 e. The zero-order valence-corrected chi connectivity index (χ0v) is 11.2. The Kier molecular flexibility index (Phi) is 5.45. The zero-order valence-electron chi connectivity index (χ0n) is 11.2. The molecule has 18 heavy (non-hydrogen) atoms. The van der Waals surface area contributed by atoms with Gasteiger partial charge in [-0.05, 0) is 31.3 Å². The lowest BCUT2D eigenvalue weighted by atomic mass is 10.3. The van der Waals surface area contributed by atoms with E-state index in [1.165, 1.54) is 0 Å². The van der Waals surface area contributed by atoms with E-state index in [-0.39, 0.29) is 5.91 Å². The van der Waals surface area contributed by atoms with Crippen LogP contribution in [0.15, 0.2) is 24.3 Å². The highest BCUT2D eigenvalue weighted by Crippen LogP contribution is 2.12. The number of anilines is 1. The van der Waals surface area contributed by atoms with Crippen LogP contribution in [0.2, 0.25) is 0 Å². The third-order valence-corrected chi connectivity index (χ3v) is 2.53. The summed E-state index contributed by atoms with van der Waals surface area (Å²) in [5, 5.41) is 0. The van der Waals surface area contributed by atoms with Gasteiger partial charge >= 0.3 is 0 Å². The summed E-state index contributed by atoms with van der Waals surface area (Å²) in [7, 11) is 5.40. The maximum atomic E-state index is 11.5. The predicted octanol–water partition coefficient (Wildman–Crippen LogP) is 0.668. The van der Waals surface area contributed by atoms with E-state index in [1.807, 2.05) is 24.1 Å². The highest BCUT2D eigenvalue weighted by molar-refractivity contribution is 5.77. The standard InChI is InChI=1S/C13H21N3O2/c1-15(2)13(17)10-16(3)8-9-18-12-6-4-11(14)5-7-12/h4-7H,8-10,14H2,1-3H3. The number of nitrogens with zero attached hydrogens (tertiary/aromatic N) is 2. The Bertz CT molecular complexity index is 376. The number of ether oxygens (including phenoxy) is 1.